The van der Waals surface area contributed by atoms with Crippen molar-refractivity contribution in [3.63, 3.8) is 0 Å². The van der Waals surface area contributed by atoms with Gasteiger partial charge in [0.1, 0.15) is 0 Å². The van der Waals surface area contributed by atoms with Gasteiger partial charge in [-0.1, -0.05) is 32.1 Å². The Morgan fingerprint density at radius 3 is 2.60 bits per heavy atom. The highest BCUT2D eigenvalue weighted by Gasteiger charge is 2.12. The third-order valence-corrected chi connectivity index (χ3v) is 4.70. The Hall–Kier alpha value is -0.770. The van der Waals surface area contributed by atoms with Crippen molar-refractivity contribution in [1.82, 2.24) is 10.2 Å². The van der Waals surface area contributed by atoms with Gasteiger partial charge in [0.15, 0.2) is 5.96 Å². The predicted molar refractivity (Wildman–Crippen MR) is 86.0 cm³/mol. The molecule has 0 aromatic carbocycles. The molecule has 4 nitrogen and oxygen atoms in total. The number of nitrogens with one attached hydrogen (secondary N) is 1. The Morgan fingerprint density at radius 1 is 1.10 bits per heavy atom. The SMILES string of the molecule is NC(=NCCCN1CCCC1)NCCC1CCCCC1. The second-order valence-corrected chi connectivity index (χ2v) is 6.39. The van der Waals surface area contributed by atoms with E-state index in [-0.39, 0.29) is 0 Å². The molecule has 2 fully saturated rings. The van der Waals surface area contributed by atoms with Gasteiger partial charge in [-0.25, -0.2) is 0 Å². The summed E-state index contributed by atoms with van der Waals surface area (Å²) in [5, 5.41) is 3.27. The van der Waals surface area contributed by atoms with Crippen LogP contribution in [0.25, 0.3) is 0 Å². The second-order valence-electron chi connectivity index (χ2n) is 6.39. The number of nitrogens with two attached hydrogens (primary N) is 1. The van der Waals surface area contributed by atoms with Crippen molar-refractivity contribution in [2.75, 3.05) is 32.7 Å². The number of guanidine groups is 1. The van der Waals surface area contributed by atoms with E-state index in [1.54, 1.807) is 0 Å². The molecule has 0 bridgehead atoms. The first-order chi connectivity index (χ1) is 9.84. The first-order valence-corrected chi connectivity index (χ1v) is 8.61. The van der Waals surface area contributed by atoms with Crippen molar-refractivity contribution >= 4 is 5.96 Å². The van der Waals surface area contributed by atoms with Crippen molar-refractivity contribution < 1.29 is 0 Å². The summed E-state index contributed by atoms with van der Waals surface area (Å²) < 4.78 is 0. The lowest BCUT2D eigenvalue weighted by atomic mass is 9.87. The highest BCUT2D eigenvalue weighted by atomic mass is 15.1. The van der Waals surface area contributed by atoms with Gasteiger partial charge in [0.2, 0.25) is 0 Å². The molecule has 2 aliphatic rings. The van der Waals surface area contributed by atoms with E-state index in [1.165, 1.54) is 71.0 Å². The van der Waals surface area contributed by atoms with Gasteiger partial charge in [0, 0.05) is 13.1 Å². The average molecular weight is 280 g/mol. The molecule has 0 amide bonds. The topological polar surface area (TPSA) is 53.6 Å². The number of aliphatic imine (C=N–C) groups is 1. The van der Waals surface area contributed by atoms with Crippen LogP contribution in [0.15, 0.2) is 4.99 Å². The van der Waals surface area contributed by atoms with Gasteiger partial charge < -0.3 is 16.0 Å². The molecule has 3 N–H and O–H groups in total. The maximum atomic E-state index is 5.91. The predicted octanol–water partition coefficient (Wildman–Crippen LogP) is 2.35. The average Bonchev–Trinajstić information content (AvgIpc) is 2.98. The maximum Gasteiger partial charge on any atom is 0.188 e. The zero-order chi connectivity index (χ0) is 14.0. The molecule has 0 unspecified atom stereocenters. The monoisotopic (exact) mass is 280 g/mol. The molecule has 20 heavy (non-hydrogen) atoms. The Morgan fingerprint density at radius 2 is 1.85 bits per heavy atom. The van der Waals surface area contributed by atoms with Crippen molar-refractivity contribution in [3.05, 3.63) is 0 Å². The Labute approximate surface area is 124 Å². The third kappa shape index (κ3) is 6.12. The molecular weight excluding hydrogens is 248 g/mol. The lowest BCUT2D eigenvalue weighted by Crippen LogP contribution is -2.33. The van der Waals surface area contributed by atoms with Gasteiger partial charge in [-0.15, -0.1) is 0 Å². The lowest BCUT2D eigenvalue weighted by Gasteiger charge is -2.21. The fourth-order valence-corrected chi connectivity index (χ4v) is 3.44. The first kappa shape index (κ1) is 15.6. The van der Waals surface area contributed by atoms with Crippen LogP contribution < -0.4 is 11.1 Å². The molecule has 116 valence electrons. The molecule has 0 spiro atoms. The summed E-state index contributed by atoms with van der Waals surface area (Å²) >= 11 is 0. The summed E-state index contributed by atoms with van der Waals surface area (Å²) in [6, 6.07) is 0. The minimum atomic E-state index is 0.641. The van der Waals surface area contributed by atoms with Crippen LogP contribution in [-0.4, -0.2) is 43.6 Å². The normalized spacial score (nSPS) is 22.3. The van der Waals surface area contributed by atoms with E-state index >= 15 is 0 Å². The van der Waals surface area contributed by atoms with Crippen molar-refractivity contribution in [2.24, 2.45) is 16.6 Å². The molecule has 0 aromatic heterocycles. The number of hydrogen-bond acceptors (Lipinski definition) is 2. The number of rotatable bonds is 7. The highest BCUT2D eigenvalue weighted by molar-refractivity contribution is 5.77. The largest absolute Gasteiger partial charge is 0.370 e. The molecule has 1 aliphatic heterocycles. The van der Waals surface area contributed by atoms with Crippen molar-refractivity contribution in [3.8, 4) is 0 Å². The fraction of sp³-hybridized carbons (Fsp3) is 0.938. The molecule has 4 heteroatoms. The second kappa shape index (κ2) is 9.22. The maximum absolute atomic E-state index is 5.91. The van der Waals surface area contributed by atoms with E-state index < -0.39 is 0 Å². The van der Waals surface area contributed by atoms with Gasteiger partial charge in [-0.05, 0) is 51.2 Å². The van der Waals surface area contributed by atoms with Crippen LogP contribution in [0.5, 0.6) is 0 Å². The zero-order valence-electron chi connectivity index (χ0n) is 12.9. The zero-order valence-corrected chi connectivity index (χ0v) is 12.9. The first-order valence-electron chi connectivity index (χ1n) is 8.61. The summed E-state index contributed by atoms with van der Waals surface area (Å²) in [7, 11) is 0. The molecule has 1 aliphatic carbocycles. The van der Waals surface area contributed by atoms with Gasteiger partial charge in [0.25, 0.3) is 0 Å². The molecule has 0 aromatic rings. The Bertz CT molecular complexity index is 278. The molecule has 1 heterocycles. The molecule has 2 rings (SSSR count). The number of likely N-dealkylation sites (tertiary alicyclic amines) is 1. The van der Waals surface area contributed by atoms with E-state index in [1.807, 2.05) is 0 Å². The lowest BCUT2D eigenvalue weighted by molar-refractivity contribution is 0.335. The van der Waals surface area contributed by atoms with E-state index in [9.17, 15) is 0 Å². The van der Waals surface area contributed by atoms with Crippen LogP contribution in [0.2, 0.25) is 0 Å². The van der Waals surface area contributed by atoms with Gasteiger partial charge in [0.05, 0.1) is 0 Å². The summed E-state index contributed by atoms with van der Waals surface area (Å²) in [5.41, 5.74) is 5.91. The molecular formula is C16H32N4. The summed E-state index contributed by atoms with van der Waals surface area (Å²) in [5.74, 6) is 1.56. The van der Waals surface area contributed by atoms with E-state index in [0.29, 0.717) is 5.96 Å². The molecule has 0 radical (unpaired) electrons. The Kier molecular flexibility index (Phi) is 7.20. The molecule has 1 saturated heterocycles. The van der Waals surface area contributed by atoms with Crippen LogP contribution in [0.4, 0.5) is 0 Å². The minimum Gasteiger partial charge on any atom is -0.370 e. The Balaban J connectivity index is 1.47. The van der Waals surface area contributed by atoms with E-state index in [2.05, 4.69) is 15.2 Å². The molecule has 0 atom stereocenters. The van der Waals surface area contributed by atoms with Gasteiger partial charge in [-0.3, -0.25) is 4.99 Å². The fourth-order valence-electron chi connectivity index (χ4n) is 3.44. The van der Waals surface area contributed by atoms with Crippen LogP contribution in [0.1, 0.15) is 57.8 Å². The van der Waals surface area contributed by atoms with Gasteiger partial charge in [-0.2, -0.15) is 0 Å². The smallest absolute Gasteiger partial charge is 0.188 e. The van der Waals surface area contributed by atoms with Crippen LogP contribution in [0.3, 0.4) is 0 Å². The third-order valence-electron chi connectivity index (χ3n) is 4.70. The van der Waals surface area contributed by atoms with Gasteiger partial charge >= 0.3 is 0 Å². The van der Waals surface area contributed by atoms with Crippen molar-refractivity contribution in [2.45, 2.75) is 57.8 Å². The van der Waals surface area contributed by atoms with E-state index in [4.69, 9.17) is 5.73 Å². The summed E-state index contributed by atoms with van der Waals surface area (Å²) in [4.78, 5) is 6.95. The number of nitrogens with zero attached hydrogens (tertiary/aromatic N) is 2. The number of hydrogen-bond donors (Lipinski definition) is 2. The van der Waals surface area contributed by atoms with E-state index in [0.717, 1.165) is 25.4 Å². The molecule has 1 saturated carbocycles. The minimum absolute atomic E-state index is 0.641. The summed E-state index contributed by atoms with van der Waals surface area (Å²) in [6.07, 6.45) is 12.2. The van der Waals surface area contributed by atoms with Crippen LogP contribution in [-0.2, 0) is 0 Å². The van der Waals surface area contributed by atoms with Crippen molar-refractivity contribution in [1.29, 1.82) is 0 Å². The van der Waals surface area contributed by atoms with Crippen LogP contribution >= 0.6 is 0 Å². The standard InChI is InChI=1S/C16H32N4/c17-16(18-10-6-14-20-12-4-5-13-20)19-11-9-15-7-2-1-3-8-15/h15H,1-14H2,(H3,17,18,19). The quantitative estimate of drug-likeness (QED) is 0.427. The van der Waals surface area contributed by atoms with Crippen LogP contribution in [0, 0.1) is 5.92 Å². The highest BCUT2D eigenvalue weighted by Crippen LogP contribution is 2.25. The summed E-state index contributed by atoms with van der Waals surface area (Å²) in [6.45, 7) is 5.58.